The quantitative estimate of drug-likeness (QED) is 0.919. The Labute approximate surface area is 114 Å². The summed E-state index contributed by atoms with van der Waals surface area (Å²) < 4.78 is 3.25. The molecule has 1 unspecified atom stereocenters. The van der Waals surface area contributed by atoms with Crippen molar-refractivity contribution in [1.29, 1.82) is 0 Å². The van der Waals surface area contributed by atoms with Gasteiger partial charge < -0.3 is 9.88 Å². The minimum atomic E-state index is 0.395. The number of aryl methyl sites for hydroxylation is 1. The van der Waals surface area contributed by atoms with Gasteiger partial charge in [0, 0.05) is 43.3 Å². The van der Waals surface area contributed by atoms with Crippen LogP contribution in [0.3, 0.4) is 0 Å². The van der Waals surface area contributed by atoms with E-state index in [-0.39, 0.29) is 0 Å². The molecule has 1 atom stereocenters. The molecular formula is C12H16BrN3S. The van der Waals surface area contributed by atoms with E-state index in [9.17, 15) is 0 Å². The Morgan fingerprint density at radius 2 is 2.35 bits per heavy atom. The average Bonchev–Trinajstić information content (AvgIpc) is 2.88. The summed E-state index contributed by atoms with van der Waals surface area (Å²) >= 11 is 5.27. The van der Waals surface area contributed by atoms with Crippen molar-refractivity contribution in [2.45, 2.75) is 19.4 Å². The predicted molar refractivity (Wildman–Crippen MR) is 75.3 cm³/mol. The van der Waals surface area contributed by atoms with Gasteiger partial charge >= 0.3 is 0 Å². The first-order valence-electron chi connectivity index (χ1n) is 5.61. The van der Waals surface area contributed by atoms with E-state index in [2.05, 4.69) is 49.9 Å². The third-order valence-electron chi connectivity index (χ3n) is 2.74. The lowest BCUT2D eigenvalue weighted by atomic mass is 10.2. The summed E-state index contributed by atoms with van der Waals surface area (Å²) in [7, 11) is 2.03. The Hall–Kier alpha value is -0.650. The first-order valence-corrected chi connectivity index (χ1v) is 7.22. The molecule has 2 aromatic heterocycles. The van der Waals surface area contributed by atoms with E-state index in [4.69, 9.17) is 0 Å². The van der Waals surface area contributed by atoms with Crippen LogP contribution in [0.2, 0.25) is 0 Å². The number of rotatable bonds is 5. The Morgan fingerprint density at radius 3 is 2.94 bits per heavy atom. The van der Waals surface area contributed by atoms with Crippen molar-refractivity contribution in [3.8, 4) is 0 Å². The molecule has 0 fully saturated rings. The highest BCUT2D eigenvalue weighted by Crippen LogP contribution is 2.26. The van der Waals surface area contributed by atoms with Crippen molar-refractivity contribution in [3.63, 3.8) is 0 Å². The lowest BCUT2D eigenvalue weighted by molar-refractivity contribution is 0.572. The molecule has 92 valence electrons. The molecule has 0 aliphatic carbocycles. The number of hydrogen-bond acceptors (Lipinski definition) is 3. The zero-order valence-corrected chi connectivity index (χ0v) is 12.4. The number of nitrogens with one attached hydrogen (secondary N) is 1. The highest BCUT2D eigenvalue weighted by molar-refractivity contribution is 9.11. The van der Waals surface area contributed by atoms with Gasteiger partial charge in [0.2, 0.25) is 0 Å². The maximum Gasteiger partial charge on any atom is 0.109 e. The van der Waals surface area contributed by atoms with Gasteiger partial charge in [-0.15, -0.1) is 11.3 Å². The fraction of sp³-hybridized carbons (Fsp3) is 0.417. The Morgan fingerprint density at radius 1 is 1.53 bits per heavy atom. The number of halogens is 1. The van der Waals surface area contributed by atoms with Gasteiger partial charge in [-0.25, -0.2) is 4.98 Å². The molecule has 17 heavy (non-hydrogen) atoms. The topological polar surface area (TPSA) is 29.9 Å². The Kier molecular flexibility index (Phi) is 4.36. The standard InChI is InChI=1S/C12H16BrN3S/c1-9(10-3-4-11(13)17-10)14-6-5-12-15-7-8-16(12)2/h3-4,7-9,14H,5-6H2,1-2H3. The average molecular weight is 314 g/mol. The molecule has 0 radical (unpaired) electrons. The molecule has 0 bridgehead atoms. The van der Waals surface area contributed by atoms with Gasteiger partial charge in [0.25, 0.3) is 0 Å². The Balaban J connectivity index is 1.81. The lowest BCUT2D eigenvalue weighted by Gasteiger charge is -2.11. The second kappa shape index (κ2) is 5.80. The minimum absolute atomic E-state index is 0.395. The second-order valence-electron chi connectivity index (χ2n) is 4.02. The van der Waals surface area contributed by atoms with Crippen LogP contribution in [-0.2, 0) is 13.5 Å². The van der Waals surface area contributed by atoms with Gasteiger partial charge in [0.05, 0.1) is 3.79 Å². The van der Waals surface area contributed by atoms with Crippen LogP contribution < -0.4 is 5.32 Å². The maximum absolute atomic E-state index is 4.31. The van der Waals surface area contributed by atoms with Gasteiger partial charge in [-0.05, 0) is 35.0 Å². The van der Waals surface area contributed by atoms with Crippen LogP contribution in [0.5, 0.6) is 0 Å². The summed E-state index contributed by atoms with van der Waals surface area (Å²) in [6.45, 7) is 3.14. The predicted octanol–water partition coefficient (Wildman–Crippen LogP) is 3.14. The summed E-state index contributed by atoms with van der Waals surface area (Å²) in [4.78, 5) is 5.67. The van der Waals surface area contributed by atoms with Crippen molar-refractivity contribution >= 4 is 27.3 Å². The number of imidazole rings is 1. The first kappa shape index (κ1) is 12.8. The van der Waals surface area contributed by atoms with Crippen LogP contribution in [0.25, 0.3) is 0 Å². The van der Waals surface area contributed by atoms with Crippen LogP contribution in [0, 0.1) is 0 Å². The van der Waals surface area contributed by atoms with Crippen LogP contribution in [0.1, 0.15) is 23.7 Å². The van der Waals surface area contributed by atoms with Crippen LogP contribution >= 0.6 is 27.3 Å². The monoisotopic (exact) mass is 313 g/mol. The summed E-state index contributed by atoms with van der Waals surface area (Å²) in [6, 6.07) is 4.65. The van der Waals surface area contributed by atoms with Crippen LogP contribution in [0.4, 0.5) is 0 Å². The fourth-order valence-corrected chi connectivity index (χ4v) is 3.15. The fourth-order valence-electron chi connectivity index (χ4n) is 1.70. The molecule has 2 rings (SSSR count). The van der Waals surface area contributed by atoms with E-state index in [1.807, 2.05) is 19.4 Å². The SMILES string of the molecule is CC(NCCc1nccn1C)c1ccc(Br)s1. The van der Waals surface area contributed by atoms with E-state index in [0.717, 1.165) is 18.8 Å². The minimum Gasteiger partial charge on any atom is -0.338 e. The number of hydrogen-bond donors (Lipinski definition) is 1. The zero-order chi connectivity index (χ0) is 12.3. The molecule has 3 nitrogen and oxygen atoms in total. The van der Waals surface area contributed by atoms with Gasteiger partial charge in [-0.3, -0.25) is 0 Å². The largest absolute Gasteiger partial charge is 0.338 e. The van der Waals surface area contributed by atoms with Crippen molar-refractivity contribution in [2.24, 2.45) is 7.05 Å². The number of nitrogens with zero attached hydrogens (tertiary/aromatic N) is 2. The van der Waals surface area contributed by atoms with Crippen molar-refractivity contribution in [3.05, 3.63) is 39.0 Å². The Bertz CT molecular complexity index is 478. The van der Waals surface area contributed by atoms with E-state index in [0.29, 0.717) is 6.04 Å². The van der Waals surface area contributed by atoms with Gasteiger partial charge in [-0.2, -0.15) is 0 Å². The van der Waals surface area contributed by atoms with E-state index in [1.165, 1.54) is 8.66 Å². The van der Waals surface area contributed by atoms with Crippen molar-refractivity contribution in [1.82, 2.24) is 14.9 Å². The summed E-state index contributed by atoms with van der Waals surface area (Å²) in [5, 5.41) is 3.51. The highest BCUT2D eigenvalue weighted by atomic mass is 79.9. The third-order valence-corrected chi connectivity index (χ3v) is 4.55. The first-order chi connectivity index (χ1) is 8.16. The molecular weight excluding hydrogens is 298 g/mol. The van der Waals surface area contributed by atoms with Crippen LogP contribution in [0.15, 0.2) is 28.3 Å². The molecule has 5 heteroatoms. The van der Waals surface area contributed by atoms with Crippen molar-refractivity contribution < 1.29 is 0 Å². The molecule has 0 aliphatic heterocycles. The summed E-state index contributed by atoms with van der Waals surface area (Å²) in [5.74, 6) is 1.12. The molecule has 2 heterocycles. The molecule has 0 spiro atoms. The normalized spacial score (nSPS) is 12.9. The molecule has 0 saturated heterocycles. The van der Waals surface area contributed by atoms with E-state index in [1.54, 1.807) is 11.3 Å². The second-order valence-corrected chi connectivity index (χ2v) is 6.52. The van der Waals surface area contributed by atoms with Crippen molar-refractivity contribution in [2.75, 3.05) is 6.54 Å². The van der Waals surface area contributed by atoms with Gasteiger partial charge in [0.1, 0.15) is 5.82 Å². The molecule has 1 N–H and O–H groups in total. The summed E-state index contributed by atoms with van der Waals surface area (Å²) in [5.41, 5.74) is 0. The molecule has 2 aromatic rings. The lowest BCUT2D eigenvalue weighted by Crippen LogP contribution is -2.21. The third kappa shape index (κ3) is 3.40. The van der Waals surface area contributed by atoms with Gasteiger partial charge in [-0.1, -0.05) is 0 Å². The maximum atomic E-state index is 4.31. The molecule has 0 aromatic carbocycles. The highest BCUT2D eigenvalue weighted by Gasteiger charge is 2.07. The van der Waals surface area contributed by atoms with Gasteiger partial charge in [0.15, 0.2) is 0 Å². The molecule has 0 aliphatic rings. The number of thiophene rings is 1. The molecule has 0 saturated carbocycles. The zero-order valence-electron chi connectivity index (χ0n) is 9.98. The smallest absolute Gasteiger partial charge is 0.109 e. The summed E-state index contributed by atoms with van der Waals surface area (Å²) in [6.07, 6.45) is 4.78. The number of aromatic nitrogens is 2. The van der Waals surface area contributed by atoms with E-state index < -0.39 is 0 Å². The molecule has 0 amide bonds. The van der Waals surface area contributed by atoms with E-state index >= 15 is 0 Å². The van der Waals surface area contributed by atoms with Crippen LogP contribution in [-0.4, -0.2) is 16.1 Å².